The molecule has 1 nitrogen and oxygen atoms in total. The van der Waals surface area contributed by atoms with Crippen LogP contribution in [0.3, 0.4) is 0 Å². The monoisotopic (exact) mass is 289 g/mol. The molecule has 0 bridgehead atoms. The maximum absolute atomic E-state index is 14.4. The second-order valence-electron chi connectivity index (χ2n) is 4.34. The molecule has 1 fully saturated rings. The van der Waals surface area contributed by atoms with Crippen LogP contribution < -0.4 is 5.32 Å². The van der Waals surface area contributed by atoms with Crippen molar-refractivity contribution in [3.8, 4) is 0 Å². The SMILES string of the molecule is Fc1ccc(CC2(F)CCCNC2)c(Br)c1. The summed E-state index contributed by atoms with van der Waals surface area (Å²) in [6, 6.07) is 4.41. The van der Waals surface area contributed by atoms with Crippen molar-refractivity contribution >= 4 is 15.9 Å². The van der Waals surface area contributed by atoms with Gasteiger partial charge in [0.25, 0.3) is 0 Å². The minimum Gasteiger partial charge on any atom is -0.314 e. The molecule has 1 heterocycles. The van der Waals surface area contributed by atoms with Gasteiger partial charge >= 0.3 is 0 Å². The van der Waals surface area contributed by atoms with E-state index in [4.69, 9.17) is 0 Å². The lowest BCUT2D eigenvalue weighted by Gasteiger charge is -2.30. The molecule has 1 aliphatic heterocycles. The Kier molecular flexibility index (Phi) is 3.60. The molecule has 4 heteroatoms. The number of hydrogen-bond donors (Lipinski definition) is 1. The molecule has 0 radical (unpaired) electrons. The van der Waals surface area contributed by atoms with Gasteiger partial charge in [-0.05, 0) is 37.1 Å². The summed E-state index contributed by atoms with van der Waals surface area (Å²) in [5.74, 6) is -0.301. The van der Waals surface area contributed by atoms with Crippen LogP contribution in [0, 0.1) is 5.82 Å². The Morgan fingerprint density at radius 3 is 2.88 bits per heavy atom. The van der Waals surface area contributed by atoms with E-state index in [2.05, 4.69) is 21.2 Å². The molecule has 0 aliphatic carbocycles. The van der Waals surface area contributed by atoms with Gasteiger partial charge in [0.2, 0.25) is 0 Å². The number of hydrogen-bond acceptors (Lipinski definition) is 1. The molecule has 1 aromatic rings. The van der Waals surface area contributed by atoms with Crippen LogP contribution >= 0.6 is 15.9 Å². The van der Waals surface area contributed by atoms with Crippen molar-refractivity contribution in [3.05, 3.63) is 34.1 Å². The van der Waals surface area contributed by atoms with Crippen LogP contribution in [0.2, 0.25) is 0 Å². The van der Waals surface area contributed by atoms with Crippen LogP contribution in [0.25, 0.3) is 0 Å². The first kappa shape index (κ1) is 12.0. The van der Waals surface area contributed by atoms with Gasteiger partial charge in [-0.1, -0.05) is 22.0 Å². The van der Waals surface area contributed by atoms with Crippen molar-refractivity contribution in [2.75, 3.05) is 13.1 Å². The Hall–Kier alpha value is -0.480. The minimum absolute atomic E-state index is 0.301. The summed E-state index contributed by atoms with van der Waals surface area (Å²) in [5.41, 5.74) is -0.369. The van der Waals surface area contributed by atoms with Crippen molar-refractivity contribution in [2.45, 2.75) is 24.9 Å². The topological polar surface area (TPSA) is 12.0 Å². The van der Waals surface area contributed by atoms with Gasteiger partial charge in [-0.3, -0.25) is 0 Å². The second-order valence-corrected chi connectivity index (χ2v) is 5.20. The van der Waals surface area contributed by atoms with Crippen LogP contribution in [0.5, 0.6) is 0 Å². The molecule has 0 aromatic heterocycles. The largest absolute Gasteiger partial charge is 0.314 e. The van der Waals surface area contributed by atoms with E-state index in [1.807, 2.05) is 0 Å². The summed E-state index contributed by atoms with van der Waals surface area (Å²) in [4.78, 5) is 0. The molecule has 1 atom stereocenters. The van der Waals surface area contributed by atoms with Gasteiger partial charge < -0.3 is 5.32 Å². The Morgan fingerprint density at radius 1 is 1.44 bits per heavy atom. The molecule has 1 aromatic carbocycles. The highest BCUT2D eigenvalue weighted by atomic mass is 79.9. The molecule has 1 saturated heterocycles. The van der Waals surface area contributed by atoms with Crippen LogP contribution in [0.4, 0.5) is 8.78 Å². The molecule has 2 rings (SSSR count). The number of nitrogens with one attached hydrogen (secondary N) is 1. The van der Waals surface area contributed by atoms with E-state index in [-0.39, 0.29) is 5.82 Å². The summed E-state index contributed by atoms with van der Waals surface area (Å²) in [6.45, 7) is 1.27. The maximum atomic E-state index is 14.4. The van der Waals surface area contributed by atoms with E-state index in [1.54, 1.807) is 6.07 Å². The first-order chi connectivity index (χ1) is 7.59. The van der Waals surface area contributed by atoms with Gasteiger partial charge in [0.15, 0.2) is 0 Å². The fourth-order valence-electron chi connectivity index (χ4n) is 2.09. The van der Waals surface area contributed by atoms with E-state index < -0.39 is 5.67 Å². The molecule has 88 valence electrons. The van der Waals surface area contributed by atoms with Crippen LogP contribution in [0.1, 0.15) is 18.4 Å². The molecule has 1 unspecified atom stereocenters. The summed E-state index contributed by atoms with van der Waals surface area (Å²) in [5, 5.41) is 3.06. The van der Waals surface area contributed by atoms with Crippen molar-refractivity contribution < 1.29 is 8.78 Å². The highest BCUT2D eigenvalue weighted by Crippen LogP contribution is 2.29. The molecule has 1 aliphatic rings. The normalized spacial score (nSPS) is 25.7. The first-order valence-electron chi connectivity index (χ1n) is 5.43. The third-order valence-electron chi connectivity index (χ3n) is 2.94. The fraction of sp³-hybridized carbons (Fsp3) is 0.500. The van der Waals surface area contributed by atoms with Crippen molar-refractivity contribution in [3.63, 3.8) is 0 Å². The van der Waals surface area contributed by atoms with Gasteiger partial charge in [-0.15, -0.1) is 0 Å². The van der Waals surface area contributed by atoms with E-state index >= 15 is 0 Å². The van der Waals surface area contributed by atoms with Crippen LogP contribution in [0.15, 0.2) is 22.7 Å². The van der Waals surface area contributed by atoms with Gasteiger partial charge in [0.05, 0.1) is 0 Å². The predicted molar refractivity (Wildman–Crippen MR) is 63.7 cm³/mol. The minimum atomic E-state index is -1.20. The third-order valence-corrected chi connectivity index (χ3v) is 3.68. The lowest BCUT2D eigenvalue weighted by Crippen LogP contribution is -2.43. The standard InChI is InChI=1S/C12H14BrF2N/c13-11-6-10(14)3-2-9(11)7-12(15)4-1-5-16-8-12/h2-3,6,16H,1,4-5,7-8H2. The lowest BCUT2D eigenvalue weighted by atomic mass is 9.89. The summed E-state index contributed by atoms with van der Waals surface area (Å²) in [6.07, 6.45) is 1.76. The van der Waals surface area contributed by atoms with Gasteiger partial charge in [-0.2, -0.15) is 0 Å². The van der Waals surface area contributed by atoms with Gasteiger partial charge in [0.1, 0.15) is 11.5 Å². The highest BCUT2D eigenvalue weighted by molar-refractivity contribution is 9.10. The number of benzene rings is 1. The molecular formula is C12H14BrF2N. The molecule has 0 spiro atoms. The fourth-order valence-corrected chi connectivity index (χ4v) is 2.58. The van der Waals surface area contributed by atoms with E-state index in [0.29, 0.717) is 23.9 Å². The average molecular weight is 290 g/mol. The predicted octanol–water partition coefficient (Wildman–Crippen LogP) is 3.22. The summed E-state index contributed by atoms with van der Waals surface area (Å²) >= 11 is 3.27. The second kappa shape index (κ2) is 4.80. The van der Waals surface area contributed by atoms with Crippen molar-refractivity contribution in [2.24, 2.45) is 0 Å². The van der Waals surface area contributed by atoms with Crippen LogP contribution in [-0.2, 0) is 6.42 Å². The molecule has 0 saturated carbocycles. The van der Waals surface area contributed by atoms with Crippen molar-refractivity contribution in [1.82, 2.24) is 5.32 Å². The number of piperidine rings is 1. The maximum Gasteiger partial charge on any atom is 0.127 e. The summed E-state index contributed by atoms with van der Waals surface area (Å²) in [7, 11) is 0. The zero-order valence-electron chi connectivity index (χ0n) is 8.90. The Morgan fingerprint density at radius 2 is 2.25 bits per heavy atom. The van der Waals surface area contributed by atoms with E-state index in [9.17, 15) is 8.78 Å². The molecule has 16 heavy (non-hydrogen) atoms. The number of halogens is 3. The van der Waals surface area contributed by atoms with Gasteiger partial charge in [0, 0.05) is 17.4 Å². The van der Waals surface area contributed by atoms with E-state index in [1.165, 1.54) is 12.1 Å². The van der Waals surface area contributed by atoms with E-state index in [0.717, 1.165) is 18.5 Å². The third kappa shape index (κ3) is 2.80. The number of alkyl halides is 1. The lowest BCUT2D eigenvalue weighted by molar-refractivity contribution is 0.122. The van der Waals surface area contributed by atoms with Crippen molar-refractivity contribution in [1.29, 1.82) is 0 Å². The Balaban J connectivity index is 2.13. The number of rotatable bonds is 2. The molecule has 1 N–H and O–H groups in total. The zero-order chi connectivity index (χ0) is 11.6. The zero-order valence-corrected chi connectivity index (χ0v) is 10.5. The molecular weight excluding hydrogens is 276 g/mol. The quantitative estimate of drug-likeness (QED) is 0.882. The Labute approximate surface area is 102 Å². The van der Waals surface area contributed by atoms with Gasteiger partial charge in [-0.25, -0.2) is 8.78 Å². The van der Waals surface area contributed by atoms with Crippen LogP contribution in [-0.4, -0.2) is 18.8 Å². The Bertz CT molecular complexity index is 375. The average Bonchev–Trinajstić information content (AvgIpc) is 2.23. The first-order valence-corrected chi connectivity index (χ1v) is 6.22. The summed E-state index contributed by atoms with van der Waals surface area (Å²) < 4.78 is 27.9. The highest BCUT2D eigenvalue weighted by Gasteiger charge is 2.32. The smallest absolute Gasteiger partial charge is 0.127 e. The molecule has 0 amide bonds.